The number of nitrogens with zero attached hydrogens (tertiary/aromatic N) is 4. The Morgan fingerprint density at radius 2 is 1.70 bits per heavy atom. The molecule has 0 amide bonds. The van der Waals surface area contributed by atoms with Gasteiger partial charge in [-0.1, -0.05) is 17.7 Å². The molecule has 0 aromatic carbocycles. The van der Waals surface area contributed by atoms with Crippen LogP contribution in [-0.2, 0) is 0 Å². The van der Waals surface area contributed by atoms with Crippen LogP contribution >= 0.6 is 11.6 Å². The summed E-state index contributed by atoms with van der Waals surface area (Å²) in [6.07, 6.45) is -10.5. The maximum Gasteiger partial charge on any atom is 0.408 e. The Morgan fingerprint density at radius 3 is 2.22 bits per heavy atom. The van der Waals surface area contributed by atoms with Crippen LogP contribution in [0.2, 0.25) is 5.15 Å². The predicted octanol–water partition coefficient (Wildman–Crippen LogP) is 4.31. The van der Waals surface area contributed by atoms with Crippen molar-refractivity contribution in [3.8, 4) is 11.5 Å². The number of halogens is 7. The zero-order valence-corrected chi connectivity index (χ0v) is 13.9. The zero-order chi connectivity index (χ0) is 24.7. The molecule has 2 rings (SSSR count). The Kier molecular flexibility index (Phi) is 4.18. The summed E-state index contributed by atoms with van der Waals surface area (Å²) in [6.45, 7) is -3.30. The summed E-state index contributed by atoms with van der Waals surface area (Å²) in [5, 5.41) is 2.76. The van der Waals surface area contributed by atoms with Gasteiger partial charge in [-0.05, 0) is 25.9 Å². The Bertz CT molecular complexity index is 972. The van der Waals surface area contributed by atoms with E-state index < -0.39 is 49.0 Å². The van der Waals surface area contributed by atoms with Crippen molar-refractivity contribution >= 4 is 23.5 Å². The number of hydrogen-bond acceptors (Lipinski definition) is 6. The Balaban J connectivity index is 2.63. The molecular weight excluding hydrogens is 402 g/mol. The molecule has 2 aromatic heterocycles. The highest BCUT2D eigenvalue weighted by atomic mass is 35.5. The fourth-order valence-corrected chi connectivity index (χ4v) is 1.71. The highest BCUT2D eigenvalue weighted by Crippen LogP contribution is 2.26. The number of hydrogen-bond donors (Lipinski definition) is 2. The standard InChI is InChI=1S/C14H13ClF6N6/c1-6(13(16,17)18)22-11-25-10(8-4-3-5-9(15)24-8)26-12(27-11)23-7(2)14(19,20)21/h3-7H,1-2H3,(H2,22,23,25,26,27)/i1D3,5D,6D. The van der Waals surface area contributed by atoms with Crippen LogP contribution in [0, 0.1) is 0 Å². The van der Waals surface area contributed by atoms with Crippen LogP contribution in [0.25, 0.3) is 11.5 Å². The van der Waals surface area contributed by atoms with Crippen LogP contribution < -0.4 is 10.6 Å². The van der Waals surface area contributed by atoms with E-state index in [0.29, 0.717) is 6.92 Å². The lowest BCUT2D eigenvalue weighted by Crippen LogP contribution is -2.35. The molecule has 2 heterocycles. The van der Waals surface area contributed by atoms with Crippen LogP contribution in [0.1, 0.15) is 20.6 Å². The Morgan fingerprint density at radius 1 is 1.07 bits per heavy atom. The average molecular weight is 420 g/mol. The van der Waals surface area contributed by atoms with Crippen molar-refractivity contribution in [1.82, 2.24) is 19.9 Å². The first-order valence-corrected chi connectivity index (χ1v) is 7.31. The molecule has 0 spiro atoms. The average Bonchev–Trinajstić information content (AvgIpc) is 2.61. The van der Waals surface area contributed by atoms with Gasteiger partial charge in [0, 0.05) is 4.11 Å². The first-order chi connectivity index (χ1) is 14.3. The number of anilines is 2. The summed E-state index contributed by atoms with van der Waals surface area (Å²) in [6, 6.07) is -4.59. The minimum absolute atomic E-state index is 0.239. The van der Waals surface area contributed by atoms with Gasteiger partial charge in [-0.15, -0.1) is 0 Å². The molecule has 0 aliphatic rings. The normalized spacial score (nSPS) is 18.9. The molecule has 0 fully saturated rings. The van der Waals surface area contributed by atoms with Gasteiger partial charge in [0.1, 0.15) is 22.9 Å². The van der Waals surface area contributed by atoms with E-state index in [9.17, 15) is 26.3 Å². The molecule has 13 heteroatoms. The predicted molar refractivity (Wildman–Crippen MR) is 86.3 cm³/mol. The SMILES string of the molecule is [2H]c1ccc(-c2nc(NC(C)C(F)(F)F)nc(NC([2H])(C([2H])([2H])[2H])C(F)(F)F)n2)nc1Cl. The molecular formula is C14H13ClF6N6. The maximum atomic E-state index is 13.4. The van der Waals surface area contributed by atoms with Crippen molar-refractivity contribution in [3.63, 3.8) is 0 Å². The summed E-state index contributed by atoms with van der Waals surface area (Å²) in [5.41, 5.74) is -0.268. The van der Waals surface area contributed by atoms with E-state index in [1.54, 1.807) is 0 Å². The van der Waals surface area contributed by atoms with E-state index in [1.165, 1.54) is 5.32 Å². The number of rotatable bonds is 5. The van der Waals surface area contributed by atoms with Gasteiger partial charge in [0.05, 0.1) is 2.74 Å². The lowest BCUT2D eigenvalue weighted by Gasteiger charge is -2.20. The van der Waals surface area contributed by atoms with Gasteiger partial charge in [0.2, 0.25) is 11.9 Å². The Hall–Kier alpha value is -2.37. The first kappa shape index (κ1) is 14.7. The van der Waals surface area contributed by atoms with Crippen molar-refractivity contribution < 1.29 is 33.2 Å². The maximum absolute atomic E-state index is 13.4. The summed E-state index contributed by atoms with van der Waals surface area (Å²) < 4.78 is 115. The van der Waals surface area contributed by atoms with Gasteiger partial charge < -0.3 is 10.6 Å². The van der Waals surface area contributed by atoms with E-state index in [0.717, 1.165) is 12.1 Å². The third-order valence-corrected chi connectivity index (χ3v) is 3.08. The number of pyridine rings is 1. The van der Waals surface area contributed by atoms with Gasteiger partial charge in [0.15, 0.2) is 5.82 Å². The molecule has 0 radical (unpaired) electrons. The second-order valence-corrected chi connectivity index (χ2v) is 5.34. The number of aromatic nitrogens is 4. The number of alkyl halides is 6. The summed E-state index contributed by atoms with van der Waals surface area (Å²) in [4.78, 5) is 14.3. The summed E-state index contributed by atoms with van der Waals surface area (Å²) >= 11 is 5.71. The summed E-state index contributed by atoms with van der Waals surface area (Å²) in [7, 11) is 0. The molecule has 2 aromatic rings. The second-order valence-electron chi connectivity index (χ2n) is 4.98. The van der Waals surface area contributed by atoms with Crippen LogP contribution in [0.3, 0.4) is 0 Å². The molecule has 0 bridgehead atoms. The number of nitrogens with one attached hydrogen (secondary N) is 2. The van der Waals surface area contributed by atoms with E-state index >= 15 is 0 Å². The van der Waals surface area contributed by atoms with Crippen molar-refractivity contribution in [1.29, 1.82) is 0 Å². The van der Waals surface area contributed by atoms with Gasteiger partial charge in [-0.3, -0.25) is 0 Å². The van der Waals surface area contributed by atoms with Crippen LogP contribution in [0.4, 0.5) is 38.2 Å². The Labute approximate surface area is 161 Å². The quantitative estimate of drug-likeness (QED) is 0.555. The van der Waals surface area contributed by atoms with Crippen LogP contribution in [0.5, 0.6) is 0 Å². The molecule has 2 atom stereocenters. The van der Waals surface area contributed by atoms with Crippen molar-refractivity contribution in [2.24, 2.45) is 0 Å². The highest BCUT2D eigenvalue weighted by molar-refractivity contribution is 6.29. The third kappa shape index (κ3) is 5.81. The van der Waals surface area contributed by atoms with E-state index in [1.807, 2.05) is 5.32 Å². The molecule has 0 aliphatic carbocycles. The fourth-order valence-electron chi connectivity index (χ4n) is 1.56. The lowest BCUT2D eigenvalue weighted by atomic mass is 10.3. The summed E-state index contributed by atoms with van der Waals surface area (Å²) in [5.74, 6) is -2.65. The topological polar surface area (TPSA) is 75.6 Å². The molecule has 2 N–H and O–H groups in total. The van der Waals surface area contributed by atoms with Crippen LogP contribution in [-0.4, -0.2) is 44.3 Å². The highest BCUT2D eigenvalue weighted by Gasteiger charge is 2.38. The lowest BCUT2D eigenvalue weighted by molar-refractivity contribution is -0.139. The van der Waals surface area contributed by atoms with Gasteiger partial charge in [0.25, 0.3) is 0 Å². The molecule has 148 valence electrons. The molecule has 0 aliphatic heterocycles. The first-order valence-electron chi connectivity index (χ1n) is 9.43. The largest absolute Gasteiger partial charge is 0.408 e. The van der Waals surface area contributed by atoms with E-state index in [-0.39, 0.29) is 16.9 Å². The van der Waals surface area contributed by atoms with Crippen LogP contribution in [0.15, 0.2) is 18.2 Å². The molecule has 0 saturated carbocycles. The molecule has 2 unspecified atom stereocenters. The monoisotopic (exact) mass is 419 g/mol. The second kappa shape index (κ2) is 7.71. The smallest absolute Gasteiger partial charge is 0.343 e. The minimum atomic E-state index is -5.66. The molecule has 6 nitrogen and oxygen atoms in total. The van der Waals surface area contributed by atoms with E-state index in [2.05, 4.69) is 19.9 Å². The molecule has 27 heavy (non-hydrogen) atoms. The zero-order valence-electron chi connectivity index (χ0n) is 18.2. The van der Waals surface area contributed by atoms with Gasteiger partial charge >= 0.3 is 12.4 Å². The third-order valence-electron chi connectivity index (χ3n) is 2.88. The minimum Gasteiger partial charge on any atom is -0.343 e. The van der Waals surface area contributed by atoms with Crippen molar-refractivity contribution in [2.75, 3.05) is 10.6 Å². The van der Waals surface area contributed by atoms with Gasteiger partial charge in [-0.25, -0.2) is 4.98 Å². The van der Waals surface area contributed by atoms with E-state index in [4.69, 9.17) is 18.5 Å². The fraction of sp³-hybridized carbons (Fsp3) is 0.429. The van der Waals surface area contributed by atoms with Crippen molar-refractivity contribution in [2.45, 2.75) is 38.2 Å². The molecule has 0 saturated heterocycles. The van der Waals surface area contributed by atoms with Crippen molar-refractivity contribution in [3.05, 3.63) is 23.3 Å². The van der Waals surface area contributed by atoms with Gasteiger partial charge in [-0.2, -0.15) is 41.3 Å².